The largest absolute Gasteiger partial charge is 0.497 e. The number of aliphatic hydroxyl groups is 6. The van der Waals surface area contributed by atoms with Crippen molar-refractivity contribution in [2.45, 2.75) is 48.7 Å². The van der Waals surface area contributed by atoms with Gasteiger partial charge >= 0.3 is 0 Å². The summed E-state index contributed by atoms with van der Waals surface area (Å²) in [5, 5.41) is 61.0. The second-order valence-corrected chi connectivity index (χ2v) is 9.68. The molecular weight excluding hydrogens is 532 g/mol. The van der Waals surface area contributed by atoms with E-state index >= 15 is 0 Å². The highest BCUT2D eigenvalue weighted by molar-refractivity contribution is 5.82. The van der Waals surface area contributed by atoms with Crippen molar-refractivity contribution in [1.82, 2.24) is 0 Å². The topological polar surface area (TPSA) is 198 Å². The average Bonchev–Trinajstić information content (AvgIpc) is 3.26. The first-order valence-corrected chi connectivity index (χ1v) is 12.5. The molecule has 0 amide bonds. The summed E-state index contributed by atoms with van der Waals surface area (Å²) < 4.78 is 33.3. The Morgan fingerprint density at radius 2 is 1.73 bits per heavy atom. The Bertz CT molecular complexity index is 1380. The number of benzene rings is 2. The van der Waals surface area contributed by atoms with E-state index in [4.69, 9.17) is 28.1 Å². The minimum atomic E-state index is -1.99. The van der Waals surface area contributed by atoms with Crippen LogP contribution in [0.4, 0.5) is 0 Å². The van der Waals surface area contributed by atoms with Crippen LogP contribution in [0, 0.1) is 0 Å². The van der Waals surface area contributed by atoms with Crippen LogP contribution < -0.4 is 14.9 Å². The van der Waals surface area contributed by atoms with Crippen molar-refractivity contribution in [2.75, 3.05) is 26.9 Å². The van der Waals surface area contributed by atoms with Gasteiger partial charge in [-0.15, -0.1) is 0 Å². The molecule has 3 aromatic rings. The average molecular weight is 563 g/mol. The van der Waals surface area contributed by atoms with Gasteiger partial charge in [0.1, 0.15) is 53.4 Å². The lowest BCUT2D eigenvalue weighted by Gasteiger charge is -2.42. The van der Waals surface area contributed by atoms with Crippen LogP contribution in [0.3, 0.4) is 0 Å². The molecule has 2 aliphatic heterocycles. The first kappa shape index (κ1) is 28.4. The Morgan fingerprint density at radius 3 is 2.38 bits per heavy atom. The predicted octanol–water partition coefficient (Wildman–Crippen LogP) is -0.888. The van der Waals surface area contributed by atoms with Crippen molar-refractivity contribution in [1.29, 1.82) is 0 Å². The molecule has 0 unspecified atom stereocenters. The molecule has 13 nitrogen and oxygen atoms in total. The molecule has 0 aliphatic carbocycles. The third-order valence-electron chi connectivity index (χ3n) is 7.09. The Kier molecular flexibility index (Phi) is 8.10. The minimum Gasteiger partial charge on any atom is -0.497 e. The molecule has 6 N–H and O–H groups in total. The van der Waals surface area contributed by atoms with E-state index in [1.54, 1.807) is 31.4 Å². The summed E-state index contributed by atoms with van der Waals surface area (Å²) in [6.07, 6.45) is -9.29. The van der Waals surface area contributed by atoms with Gasteiger partial charge in [-0.25, -0.2) is 0 Å². The third kappa shape index (κ3) is 5.19. The number of methoxy groups -OCH3 is 1. The Balaban J connectivity index is 1.40. The van der Waals surface area contributed by atoms with E-state index in [1.165, 1.54) is 24.5 Å². The molecule has 0 saturated carbocycles. The van der Waals surface area contributed by atoms with Gasteiger partial charge in [0.25, 0.3) is 0 Å². The maximum Gasteiger partial charge on any atom is 0.229 e. The second kappa shape index (κ2) is 11.4. The monoisotopic (exact) mass is 562 g/mol. The first-order chi connectivity index (χ1) is 19.2. The van der Waals surface area contributed by atoms with E-state index in [0.29, 0.717) is 16.9 Å². The molecule has 2 aliphatic rings. The van der Waals surface area contributed by atoms with E-state index < -0.39 is 68.5 Å². The fourth-order valence-electron chi connectivity index (χ4n) is 4.65. The zero-order valence-corrected chi connectivity index (χ0v) is 21.3. The van der Waals surface area contributed by atoms with Crippen molar-refractivity contribution < 1.29 is 58.7 Å². The van der Waals surface area contributed by atoms with Gasteiger partial charge in [0.05, 0.1) is 37.9 Å². The minimum absolute atomic E-state index is 0.131. The lowest BCUT2D eigenvalue weighted by atomic mass is 9.98. The Hall–Kier alpha value is -3.11. The summed E-state index contributed by atoms with van der Waals surface area (Å²) in [5.41, 5.74) is -1.10. The first-order valence-electron chi connectivity index (χ1n) is 12.5. The third-order valence-corrected chi connectivity index (χ3v) is 7.09. The lowest BCUT2D eigenvalue weighted by molar-refractivity contribution is -0.318. The number of aliphatic hydroxyl groups excluding tert-OH is 5. The molecule has 216 valence electrons. The quantitative estimate of drug-likeness (QED) is 0.198. The molecule has 0 radical (unpaired) electrons. The fraction of sp³-hybridized carbons (Fsp3) is 0.444. The van der Waals surface area contributed by atoms with Crippen LogP contribution in [0.1, 0.15) is 0 Å². The highest BCUT2D eigenvalue weighted by atomic mass is 16.8. The molecule has 2 fully saturated rings. The van der Waals surface area contributed by atoms with Crippen molar-refractivity contribution in [2.24, 2.45) is 0 Å². The fourth-order valence-corrected chi connectivity index (χ4v) is 4.65. The summed E-state index contributed by atoms with van der Waals surface area (Å²) in [5.74, 6) is 0.772. The second-order valence-electron chi connectivity index (χ2n) is 9.68. The molecule has 5 rings (SSSR count). The predicted molar refractivity (Wildman–Crippen MR) is 136 cm³/mol. The molecule has 2 aromatic carbocycles. The van der Waals surface area contributed by atoms with Gasteiger partial charge in [0.15, 0.2) is 17.8 Å². The summed E-state index contributed by atoms with van der Waals surface area (Å²) >= 11 is 0. The molecule has 0 bridgehead atoms. The van der Waals surface area contributed by atoms with E-state index in [1.807, 2.05) is 0 Å². The molecule has 3 heterocycles. The van der Waals surface area contributed by atoms with E-state index in [-0.39, 0.29) is 22.1 Å². The molecule has 2 saturated heterocycles. The maximum atomic E-state index is 13.2. The smallest absolute Gasteiger partial charge is 0.229 e. The summed E-state index contributed by atoms with van der Waals surface area (Å²) in [7, 11) is 1.54. The molecular formula is C27H30O13. The van der Waals surface area contributed by atoms with Gasteiger partial charge in [-0.1, -0.05) is 12.1 Å². The van der Waals surface area contributed by atoms with Crippen LogP contribution >= 0.6 is 0 Å². The van der Waals surface area contributed by atoms with Gasteiger partial charge in [-0.05, 0) is 29.8 Å². The molecule has 1 aromatic heterocycles. The van der Waals surface area contributed by atoms with Crippen molar-refractivity contribution in [3.05, 3.63) is 59.0 Å². The van der Waals surface area contributed by atoms with Crippen molar-refractivity contribution >= 4 is 11.0 Å². The van der Waals surface area contributed by atoms with Gasteiger partial charge in [-0.2, -0.15) is 0 Å². The van der Waals surface area contributed by atoms with Crippen LogP contribution in [-0.2, 0) is 14.2 Å². The molecule has 40 heavy (non-hydrogen) atoms. The number of ether oxygens (including phenoxy) is 5. The van der Waals surface area contributed by atoms with Crippen molar-refractivity contribution in [3.8, 4) is 22.6 Å². The number of hydrogen-bond acceptors (Lipinski definition) is 13. The van der Waals surface area contributed by atoms with E-state index in [9.17, 15) is 35.4 Å². The lowest BCUT2D eigenvalue weighted by Crippen LogP contribution is -2.62. The zero-order valence-electron chi connectivity index (χ0n) is 21.3. The highest BCUT2D eigenvalue weighted by Gasteiger charge is 2.53. The normalized spacial score (nSPS) is 32.3. The van der Waals surface area contributed by atoms with Gasteiger partial charge < -0.3 is 58.7 Å². The SMILES string of the molecule is COc1ccc(-c2coc3cc(O[C@@H]4O[C@H](CO)[C@@H](O)[C@H](O)[C@H]4O[C@H]4OC[C@@](O)(CO)[C@H]4O)ccc3c2=O)cc1. The highest BCUT2D eigenvalue weighted by Crippen LogP contribution is 2.33. The standard InChI is InChI=1S/C27H30O13/c1-35-14-4-2-13(3-5-14)17-10-36-18-8-15(6-7-16(18)20(17)30)38-25-23(22(32)21(31)19(9-28)39-25)40-26-24(33)27(34,11-29)12-37-26/h2-8,10,19,21-26,28-29,31-34H,9,11-12H2,1H3/t19-,21-,22+,23-,24+,25-,26-,27+/m1/s1. The summed E-state index contributed by atoms with van der Waals surface area (Å²) in [4.78, 5) is 13.2. The van der Waals surface area contributed by atoms with Crippen LogP contribution in [0.25, 0.3) is 22.1 Å². The number of fused-ring (bicyclic) bond motifs is 1. The maximum absolute atomic E-state index is 13.2. The Morgan fingerprint density at radius 1 is 1.00 bits per heavy atom. The van der Waals surface area contributed by atoms with Crippen LogP contribution in [0.2, 0.25) is 0 Å². The van der Waals surface area contributed by atoms with Gasteiger partial charge in [-0.3, -0.25) is 4.79 Å². The van der Waals surface area contributed by atoms with E-state index in [2.05, 4.69) is 0 Å². The van der Waals surface area contributed by atoms with Gasteiger partial charge in [0.2, 0.25) is 6.29 Å². The van der Waals surface area contributed by atoms with E-state index in [0.717, 1.165) is 0 Å². The molecule has 0 spiro atoms. The molecule has 13 heteroatoms. The number of hydrogen-bond donors (Lipinski definition) is 6. The summed E-state index contributed by atoms with van der Waals surface area (Å²) in [6.45, 7) is -1.91. The van der Waals surface area contributed by atoms with Crippen LogP contribution in [-0.4, -0.2) is 106 Å². The molecule has 8 atom stereocenters. The van der Waals surface area contributed by atoms with Gasteiger partial charge in [0, 0.05) is 6.07 Å². The number of rotatable bonds is 8. The van der Waals surface area contributed by atoms with Crippen molar-refractivity contribution in [3.63, 3.8) is 0 Å². The Labute approximate surface area is 227 Å². The van der Waals surface area contributed by atoms with Crippen LogP contribution in [0.5, 0.6) is 11.5 Å². The summed E-state index contributed by atoms with van der Waals surface area (Å²) in [6, 6.07) is 11.3. The van der Waals surface area contributed by atoms with Crippen LogP contribution in [0.15, 0.2) is 57.9 Å². The zero-order chi connectivity index (χ0) is 28.6.